The van der Waals surface area contributed by atoms with Gasteiger partial charge in [0.1, 0.15) is 0 Å². The van der Waals surface area contributed by atoms with Gasteiger partial charge in [-0.1, -0.05) is 0 Å². The number of nitrogens with zero attached hydrogens (tertiary/aromatic N) is 2. The van der Waals surface area contributed by atoms with Crippen molar-refractivity contribution in [2.45, 2.75) is 0 Å². The van der Waals surface area contributed by atoms with E-state index in [1.54, 1.807) is 23.0 Å². The summed E-state index contributed by atoms with van der Waals surface area (Å²) in [6.45, 7) is 0. The van der Waals surface area contributed by atoms with Gasteiger partial charge in [-0.05, 0) is 22.0 Å². The Morgan fingerprint density at radius 3 is 3.18 bits per heavy atom. The molecule has 0 aliphatic rings. The number of hydrogen-bond acceptors (Lipinski definition) is 1. The molecule has 0 spiro atoms. The van der Waals surface area contributed by atoms with Gasteiger partial charge in [0.25, 0.3) is 0 Å². The molecule has 0 N–H and O–H groups in total. The molecule has 2 nitrogen and oxygen atoms in total. The zero-order valence-electron chi connectivity index (χ0n) is 5.46. The maximum absolute atomic E-state index is 12.8. The van der Waals surface area contributed by atoms with Gasteiger partial charge in [-0.15, -0.1) is 0 Å². The van der Waals surface area contributed by atoms with Gasteiger partial charge < -0.3 is 4.40 Å². The molecular weight excluding hydrogens is 211 g/mol. The van der Waals surface area contributed by atoms with Gasteiger partial charge in [0, 0.05) is 6.20 Å². The first kappa shape index (κ1) is 6.79. The van der Waals surface area contributed by atoms with E-state index in [9.17, 15) is 4.39 Å². The minimum Gasteiger partial charge on any atom is -0.303 e. The highest BCUT2D eigenvalue weighted by Crippen LogP contribution is 2.16. The van der Waals surface area contributed by atoms with Crippen LogP contribution in [0.5, 0.6) is 0 Å². The van der Waals surface area contributed by atoms with E-state index in [2.05, 4.69) is 20.9 Å². The van der Waals surface area contributed by atoms with Crippen LogP contribution in [0.3, 0.4) is 0 Å². The Morgan fingerprint density at radius 1 is 1.55 bits per heavy atom. The third kappa shape index (κ3) is 1.03. The summed E-state index contributed by atoms with van der Waals surface area (Å²) in [5.41, 5.74) is 0.873. The highest BCUT2D eigenvalue weighted by atomic mass is 79.9. The predicted octanol–water partition coefficient (Wildman–Crippen LogP) is 2.24. The first-order valence-corrected chi connectivity index (χ1v) is 3.83. The minimum absolute atomic E-state index is 0.282. The van der Waals surface area contributed by atoms with E-state index in [-0.39, 0.29) is 5.82 Å². The van der Waals surface area contributed by atoms with Crippen molar-refractivity contribution < 1.29 is 4.39 Å². The van der Waals surface area contributed by atoms with Crippen LogP contribution < -0.4 is 0 Å². The van der Waals surface area contributed by atoms with Crippen LogP contribution in [0.25, 0.3) is 5.52 Å². The molecule has 2 aromatic heterocycles. The largest absolute Gasteiger partial charge is 0.303 e. The normalized spacial score (nSPS) is 10.7. The summed E-state index contributed by atoms with van der Waals surface area (Å²) in [7, 11) is 0. The van der Waals surface area contributed by atoms with Crippen molar-refractivity contribution in [3.63, 3.8) is 0 Å². The fourth-order valence-corrected chi connectivity index (χ4v) is 1.25. The second-order valence-electron chi connectivity index (χ2n) is 2.20. The molecule has 2 heterocycles. The van der Waals surface area contributed by atoms with Gasteiger partial charge in [0.05, 0.1) is 22.5 Å². The molecule has 0 aromatic carbocycles. The minimum atomic E-state index is -0.282. The molecular formula is C7H4BrFN2. The van der Waals surface area contributed by atoms with Crippen LogP contribution in [-0.2, 0) is 0 Å². The smallest absolute Gasteiger partial charge is 0.154 e. The standard InChI is InChI=1S/C7H4BrFN2/c8-6-1-5-2-10-4-11(5)3-7(6)9/h1-4H. The second kappa shape index (κ2) is 2.30. The van der Waals surface area contributed by atoms with Gasteiger partial charge >= 0.3 is 0 Å². The molecule has 0 atom stereocenters. The zero-order valence-corrected chi connectivity index (χ0v) is 7.05. The van der Waals surface area contributed by atoms with Crippen molar-refractivity contribution in [2.24, 2.45) is 0 Å². The number of hydrogen-bond donors (Lipinski definition) is 0. The average Bonchev–Trinajstić information content (AvgIpc) is 2.36. The zero-order chi connectivity index (χ0) is 7.84. The first-order valence-electron chi connectivity index (χ1n) is 3.04. The second-order valence-corrected chi connectivity index (χ2v) is 3.05. The molecule has 0 aliphatic heterocycles. The lowest BCUT2D eigenvalue weighted by Crippen LogP contribution is -1.85. The van der Waals surface area contributed by atoms with E-state index in [1.807, 2.05) is 0 Å². The van der Waals surface area contributed by atoms with Crippen LogP contribution in [0.15, 0.2) is 29.3 Å². The number of halogens is 2. The van der Waals surface area contributed by atoms with Crippen LogP contribution >= 0.6 is 15.9 Å². The van der Waals surface area contributed by atoms with Crippen LogP contribution in [0.2, 0.25) is 0 Å². The van der Waals surface area contributed by atoms with Gasteiger partial charge in [-0.2, -0.15) is 0 Å². The van der Waals surface area contributed by atoms with Gasteiger partial charge in [0.15, 0.2) is 5.82 Å². The molecule has 0 saturated carbocycles. The maximum atomic E-state index is 12.8. The average molecular weight is 215 g/mol. The first-order chi connectivity index (χ1) is 5.27. The molecule has 0 aliphatic carbocycles. The monoisotopic (exact) mass is 214 g/mol. The maximum Gasteiger partial charge on any atom is 0.154 e. The molecule has 4 heteroatoms. The molecule has 0 bridgehead atoms. The molecule has 0 fully saturated rings. The summed E-state index contributed by atoms with van der Waals surface area (Å²) >= 11 is 3.08. The molecule has 2 aromatic rings. The molecule has 56 valence electrons. The Morgan fingerprint density at radius 2 is 2.36 bits per heavy atom. The Bertz CT molecular complexity index is 360. The Labute approximate surface area is 70.8 Å². The van der Waals surface area contributed by atoms with Crippen molar-refractivity contribution in [1.29, 1.82) is 0 Å². The van der Waals surface area contributed by atoms with Crippen LogP contribution in [0.1, 0.15) is 0 Å². The van der Waals surface area contributed by atoms with Crippen LogP contribution in [0.4, 0.5) is 4.39 Å². The summed E-state index contributed by atoms with van der Waals surface area (Å²) in [6.07, 6.45) is 4.61. The van der Waals surface area contributed by atoms with E-state index in [0.717, 1.165) is 5.52 Å². The van der Waals surface area contributed by atoms with E-state index >= 15 is 0 Å². The molecule has 0 amide bonds. The number of fused-ring (bicyclic) bond motifs is 1. The highest BCUT2D eigenvalue weighted by molar-refractivity contribution is 9.10. The lowest BCUT2D eigenvalue weighted by molar-refractivity contribution is 0.612. The Hall–Kier alpha value is -0.900. The van der Waals surface area contributed by atoms with Crippen molar-refractivity contribution in [3.8, 4) is 0 Å². The molecule has 0 unspecified atom stereocenters. The fourth-order valence-electron chi connectivity index (χ4n) is 0.917. The quantitative estimate of drug-likeness (QED) is 0.658. The molecule has 11 heavy (non-hydrogen) atoms. The predicted molar refractivity (Wildman–Crippen MR) is 42.9 cm³/mol. The van der Waals surface area contributed by atoms with E-state index in [1.165, 1.54) is 6.20 Å². The summed E-state index contributed by atoms with van der Waals surface area (Å²) in [4.78, 5) is 3.86. The summed E-state index contributed by atoms with van der Waals surface area (Å²) < 4.78 is 14.9. The summed E-state index contributed by atoms with van der Waals surface area (Å²) in [5.74, 6) is -0.282. The third-order valence-corrected chi connectivity index (χ3v) is 2.06. The molecule has 0 radical (unpaired) electrons. The van der Waals surface area contributed by atoms with Gasteiger partial charge in [0.2, 0.25) is 0 Å². The summed E-state index contributed by atoms with van der Waals surface area (Å²) in [5, 5.41) is 0. The number of imidazole rings is 1. The number of aromatic nitrogens is 2. The lowest BCUT2D eigenvalue weighted by atomic mass is 10.4. The molecule has 2 rings (SSSR count). The van der Waals surface area contributed by atoms with E-state index in [4.69, 9.17) is 0 Å². The number of rotatable bonds is 0. The lowest BCUT2D eigenvalue weighted by Gasteiger charge is -1.95. The van der Waals surface area contributed by atoms with E-state index < -0.39 is 0 Å². The van der Waals surface area contributed by atoms with Gasteiger partial charge in [-0.3, -0.25) is 0 Å². The topological polar surface area (TPSA) is 17.3 Å². The van der Waals surface area contributed by atoms with Crippen molar-refractivity contribution >= 4 is 21.4 Å². The number of pyridine rings is 1. The molecule has 0 saturated heterocycles. The Kier molecular flexibility index (Phi) is 1.42. The van der Waals surface area contributed by atoms with Crippen LogP contribution in [-0.4, -0.2) is 9.38 Å². The van der Waals surface area contributed by atoms with Crippen LogP contribution in [0, 0.1) is 5.82 Å². The van der Waals surface area contributed by atoms with Crippen molar-refractivity contribution in [1.82, 2.24) is 9.38 Å². The summed E-state index contributed by atoms with van der Waals surface area (Å²) in [6, 6.07) is 1.68. The van der Waals surface area contributed by atoms with Gasteiger partial charge in [-0.25, -0.2) is 9.37 Å². The van der Waals surface area contributed by atoms with E-state index in [0.29, 0.717) is 4.47 Å². The highest BCUT2D eigenvalue weighted by Gasteiger charge is 2.00. The van der Waals surface area contributed by atoms with Crippen molar-refractivity contribution in [2.75, 3.05) is 0 Å². The SMILES string of the molecule is Fc1cn2cncc2cc1Br. The van der Waals surface area contributed by atoms with Crippen molar-refractivity contribution in [3.05, 3.63) is 35.1 Å². The third-order valence-electron chi connectivity index (χ3n) is 1.45. The fraction of sp³-hybridized carbons (Fsp3) is 0. The Balaban J connectivity index is 2.86.